The molecule has 0 saturated carbocycles. The molecule has 6 N–H and O–H groups in total. The van der Waals surface area contributed by atoms with Gasteiger partial charge in [0.15, 0.2) is 5.69 Å². The van der Waals surface area contributed by atoms with Gasteiger partial charge in [-0.3, -0.25) is 4.79 Å². The van der Waals surface area contributed by atoms with Gasteiger partial charge in [0, 0.05) is 30.4 Å². The van der Waals surface area contributed by atoms with E-state index in [0.29, 0.717) is 28.2 Å². The van der Waals surface area contributed by atoms with Crippen LogP contribution in [0.5, 0.6) is 0 Å². The maximum absolute atomic E-state index is 12.3. The SMILES string of the molecule is NS(=O)(=O)n1ccc(-c2ccc(C(=O)NC3CNCC3O)cc2)c1C(=O)O. The van der Waals surface area contributed by atoms with Gasteiger partial charge in [0.1, 0.15) is 0 Å². The molecule has 0 spiro atoms. The number of benzene rings is 1. The molecule has 2 atom stereocenters. The molecular weight excluding hydrogens is 376 g/mol. The van der Waals surface area contributed by atoms with E-state index in [2.05, 4.69) is 10.6 Å². The first-order valence-electron chi connectivity index (χ1n) is 7.96. The maximum atomic E-state index is 12.3. The molecule has 1 saturated heterocycles. The normalized spacial score (nSPS) is 19.8. The first-order valence-corrected chi connectivity index (χ1v) is 9.47. The summed E-state index contributed by atoms with van der Waals surface area (Å²) in [5, 5.41) is 29.8. The third-order valence-electron chi connectivity index (χ3n) is 4.29. The summed E-state index contributed by atoms with van der Waals surface area (Å²) in [4.78, 5) is 23.7. The van der Waals surface area contributed by atoms with Crippen molar-refractivity contribution in [3.05, 3.63) is 47.8 Å². The second-order valence-corrected chi connectivity index (χ2v) is 7.53. The lowest BCUT2D eigenvalue weighted by Crippen LogP contribution is -2.42. The van der Waals surface area contributed by atoms with Gasteiger partial charge in [-0.2, -0.15) is 8.42 Å². The first kappa shape index (κ1) is 19.0. The fourth-order valence-corrected chi connectivity index (χ4v) is 3.60. The summed E-state index contributed by atoms with van der Waals surface area (Å²) in [5.74, 6) is -1.83. The number of aliphatic hydroxyl groups excluding tert-OH is 1. The molecule has 0 bridgehead atoms. The van der Waals surface area contributed by atoms with Gasteiger partial charge in [0.05, 0.1) is 12.1 Å². The molecule has 1 aromatic heterocycles. The van der Waals surface area contributed by atoms with Gasteiger partial charge in [0.2, 0.25) is 0 Å². The molecular formula is C16H18N4O6S. The van der Waals surface area contributed by atoms with Crippen molar-refractivity contribution in [1.29, 1.82) is 0 Å². The summed E-state index contributed by atoms with van der Waals surface area (Å²) in [6, 6.07) is 6.92. The van der Waals surface area contributed by atoms with Crippen molar-refractivity contribution in [2.45, 2.75) is 12.1 Å². The molecule has 2 unspecified atom stereocenters. The Morgan fingerprint density at radius 1 is 1.19 bits per heavy atom. The minimum atomic E-state index is -4.26. The quantitative estimate of drug-likeness (QED) is 0.432. The molecule has 1 aliphatic heterocycles. The number of carboxylic acid groups (broad SMARTS) is 1. The largest absolute Gasteiger partial charge is 0.477 e. The number of nitrogens with zero attached hydrogens (tertiary/aromatic N) is 1. The summed E-state index contributed by atoms with van der Waals surface area (Å²) in [6.45, 7) is 0.872. The van der Waals surface area contributed by atoms with Gasteiger partial charge in [0.25, 0.3) is 5.91 Å². The smallest absolute Gasteiger partial charge is 0.354 e. The number of nitrogens with two attached hydrogens (primary N) is 1. The number of rotatable bonds is 5. The Balaban J connectivity index is 1.87. The van der Waals surface area contributed by atoms with Crippen LogP contribution in [-0.4, -0.2) is 59.7 Å². The molecule has 1 aliphatic rings. The Hall–Kier alpha value is -2.73. The highest BCUT2D eigenvalue weighted by molar-refractivity contribution is 7.87. The van der Waals surface area contributed by atoms with Crippen LogP contribution in [0.3, 0.4) is 0 Å². The third-order valence-corrected chi connectivity index (χ3v) is 5.14. The number of carboxylic acids is 1. The summed E-state index contributed by atoms with van der Waals surface area (Å²) in [6.07, 6.45) is 0.396. The van der Waals surface area contributed by atoms with E-state index >= 15 is 0 Å². The maximum Gasteiger partial charge on any atom is 0.354 e. The number of aromatic carboxylic acids is 1. The van der Waals surface area contributed by atoms with Crippen molar-refractivity contribution in [3.63, 3.8) is 0 Å². The van der Waals surface area contributed by atoms with Crippen molar-refractivity contribution in [1.82, 2.24) is 14.6 Å². The van der Waals surface area contributed by atoms with Crippen LogP contribution in [0.2, 0.25) is 0 Å². The Labute approximate surface area is 154 Å². The molecule has 2 heterocycles. The second-order valence-electron chi connectivity index (χ2n) is 6.11. The number of hydrogen-bond acceptors (Lipinski definition) is 6. The number of amides is 1. The van der Waals surface area contributed by atoms with Crippen molar-refractivity contribution in [2.75, 3.05) is 13.1 Å². The molecule has 1 fully saturated rings. The molecule has 0 aliphatic carbocycles. The fraction of sp³-hybridized carbons (Fsp3) is 0.250. The molecule has 144 valence electrons. The van der Waals surface area contributed by atoms with E-state index in [1.807, 2.05) is 0 Å². The average Bonchev–Trinajstić information content (AvgIpc) is 3.21. The zero-order chi connectivity index (χ0) is 19.8. The van der Waals surface area contributed by atoms with Crippen molar-refractivity contribution in [2.24, 2.45) is 5.14 Å². The zero-order valence-corrected chi connectivity index (χ0v) is 14.8. The Morgan fingerprint density at radius 2 is 1.85 bits per heavy atom. The van der Waals surface area contributed by atoms with Crippen LogP contribution in [-0.2, 0) is 10.2 Å². The lowest BCUT2D eigenvalue weighted by atomic mass is 10.0. The minimum Gasteiger partial charge on any atom is -0.477 e. The predicted octanol–water partition coefficient (Wildman–Crippen LogP) is -1.03. The van der Waals surface area contributed by atoms with E-state index in [1.165, 1.54) is 30.3 Å². The summed E-state index contributed by atoms with van der Waals surface area (Å²) >= 11 is 0. The Bertz CT molecular complexity index is 983. The van der Waals surface area contributed by atoms with Gasteiger partial charge < -0.3 is 20.8 Å². The summed E-state index contributed by atoms with van der Waals surface area (Å²) < 4.78 is 23.6. The van der Waals surface area contributed by atoms with Gasteiger partial charge in [-0.05, 0) is 23.8 Å². The number of aliphatic hydroxyl groups is 1. The molecule has 1 aromatic carbocycles. The zero-order valence-electron chi connectivity index (χ0n) is 14.0. The molecule has 0 radical (unpaired) electrons. The lowest BCUT2D eigenvalue weighted by Gasteiger charge is -2.15. The lowest BCUT2D eigenvalue weighted by molar-refractivity contribution is 0.0689. The molecule has 11 heteroatoms. The van der Waals surface area contributed by atoms with Crippen LogP contribution >= 0.6 is 0 Å². The van der Waals surface area contributed by atoms with E-state index in [4.69, 9.17) is 5.14 Å². The van der Waals surface area contributed by atoms with Crippen molar-refractivity contribution >= 4 is 22.1 Å². The molecule has 1 amide bonds. The highest BCUT2D eigenvalue weighted by atomic mass is 32.2. The van der Waals surface area contributed by atoms with E-state index in [-0.39, 0.29) is 17.5 Å². The highest BCUT2D eigenvalue weighted by Crippen LogP contribution is 2.26. The van der Waals surface area contributed by atoms with Gasteiger partial charge in [-0.1, -0.05) is 12.1 Å². The monoisotopic (exact) mass is 394 g/mol. The average molecular weight is 394 g/mol. The number of carbonyl (C=O) groups is 2. The molecule has 10 nitrogen and oxygen atoms in total. The molecule has 3 rings (SSSR count). The highest BCUT2D eigenvalue weighted by Gasteiger charge is 2.27. The van der Waals surface area contributed by atoms with E-state index in [9.17, 15) is 28.2 Å². The fourth-order valence-electron chi connectivity index (χ4n) is 2.93. The van der Waals surface area contributed by atoms with E-state index < -0.39 is 28.0 Å². The number of β-amino-alcohol motifs (C(OH)–C–C–N with tert-alkyl or cyclic N) is 1. The minimum absolute atomic E-state index is 0.152. The van der Waals surface area contributed by atoms with Crippen molar-refractivity contribution in [3.8, 4) is 11.1 Å². The predicted molar refractivity (Wildman–Crippen MR) is 95.5 cm³/mol. The van der Waals surface area contributed by atoms with E-state index in [0.717, 1.165) is 6.20 Å². The van der Waals surface area contributed by atoms with Crippen LogP contribution in [0.4, 0.5) is 0 Å². The Kier molecular flexibility index (Phi) is 5.02. The van der Waals surface area contributed by atoms with Crippen LogP contribution in [0.15, 0.2) is 36.5 Å². The first-order chi connectivity index (χ1) is 12.7. The topological polar surface area (TPSA) is 164 Å². The van der Waals surface area contributed by atoms with Crippen LogP contribution in [0.25, 0.3) is 11.1 Å². The van der Waals surface area contributed by atoms with Crippen LogP contribution in [0, 0.1) is 0 Å². The van der Waals surface area contributed by atoms with Crippen LogP contribution in [0.1, 0.15) is 20.8 Å². The Morgan fingerprint density at radius 3 is 2.37 bits per heavy atom. The summed E-state index contributed by atoms with van der Waals surface area (Å²) in [7, 11) is -4.26. The molecule has 27 heavy (non-hydrogen) atoms. The standard InChI is InChI=1S/C16H18N4O6S/c17-27(25,26)20-6-5-11(14(20)16(23)24)9-1-3-10(4-2-9)15(22)19-12-7-18-8-13(12)21/h1-6,12-13,18,21H,7-8H2,(H,19,22)(H,23,24)(H2,17,25,26). The van der Waals surface area contributed by atoms with E-state index in [1.54, 1.807) is 0 Å². The second kappa shape index (κ2) is 7.12. The number of carbonyl (C=O) groups excluding carboxylic acids is 1. The number of hydrogen-bond donors (Lipinski definition) is 5. The van der Waals surface area contributed by atoms with Crippen molar-refractivity contribution < 1.29 is 28.2 Å². The number of nitrogens with one attached hydrogen (secondary N) is 2. The number of aromatic nitrogens is 1. The van der Waals surface area contributed by atoms with Gasteiger partial charge in [-0.15, -0.1) is 0 Å². The summed E-state index contributed by atoms with van der Waals surface area (Å²) in [5.41, 5.74) is 0.392. The van der Waals surface area contributed by atoms with Gasteiger partial charge >= 0.3 is 16.2 Å². The van der Waals surface area contributed by atoms with Gasteiger partial charge in [-0.25, -0.2) is 13.9 Å². The van der Waals surface area contributed by atoms with Crippen LogP contribution < -0.4 is 15.8 Å². The third kappa shape index (κ3) is 3.85. The molecule has 2 aromatic rings.